The van der Waals surface area contributed by atoms with Gasteiger partial charge in [0.2, 0.25) is 0 Å². The van der Waals surface area contributed by atoms with Gasteiger partial charge in [-0.1, -0.05) is 48.0 Å². The van der Waals surface area contributed by atoms with E-state index in [0.29, 0.717) is 5.56 Å². The minimum Gasteiger partial charge on any atom is -0.465 e. The molecular formula is C21H19NO5S. The molecule has 0 aliphatic carbocycles. The summed E-state index contributed by atoms with van der Waals surface area (Å²) in [6.07, 6.45) is 1.15. The number of ether oxygens (including phenoxy) is 1. The van der Waals surface area contributed by atoms with Crippen LogP contribution < -0.4 is 0 Å². The number of carbonyl (C=O) groups excluding carboxylic acids is 2. The fraction of sp³-hybridized carbons (Fsp3) is 0.143. The molecule has 1 aromatic heterocycles. The Morgan fingerprint density at radius 1 is 0.964 bits per heavy atom. The second-order valence-electron chi connectivity index (χ2n) is 6.29. The SMILES string of the molecule is COC(=O)c1cn(S(=O)(=O)c2ccc(C)cc2)c(-c2ccccc2)c1C(C)=O. The summed E-state index contributed by atoms with van der Waals surface area (Å²) >= 11 is 0. The van der Waals surface area contributed by atoms with Crippen molar-refractivity contribution in [1.82, 2.24) is 3.97 Å². The van der Waals surface area contributed by atoms with Crippen LogP contribution in [0.3, 0.4) is 0 Å². The topological polar surface area (TPSA) is 82.4 Å². The van der Waals surface area contributed by atoms with E-state index in [9.17, 15) is 18.0 Å². The number of benzene rings is 2. The van der Waals surface area contributed by atoms with Gasteiger partial charge in [0.25, 0.3) is 10.0 Å². The van der Waals surface area contributed by atoms with Gasteiger partial charge >= 0.3 is 5.97 Å². The van der Waals surface area contributed by atoms with Gasteiger partial charge in [-0.25, -0.2) is 17.2 Å². The molecule has 3 rings (SSSR count). The third-order valence-corrected chi connectivity index (χ3v) is 6.03. The van der Waals surface area contributed by atoms with Crippen LogP contribution >= 0.6 is 0 Å². The number of aryl methyl sites for hydroxylation is 1. The fourth-order valence-electron chi connectivity index (χ4n) is 2.99. The fourth-order valence-corrected chi connectivity index (χ4v) is 4.37. The van der Waals surface area contributed by atoms with Gasteiger partial charge < -0.3 is 4.74 Å². The molecule has 0 bridgehead atoms. The van der Waals surface area contributed by atoms with Gasteiger partial charge in [0.1, 0.15) is 0 Å². The zero-order valence-electron chi connectivity index (χ0n) is 15.7. The number of carbonyl (C=O) groups is 2. The van der Waals surface area contributed by atoms with Crippen molar-refractivity contribution < 1.29 is 22.7 Å². The van der Waals surface area contributed by atoms with Crippen LogP contribution in [0.1, 0.15) is 33.2 Å². The zero-order chi connectivity index (χ0) is 20.5. The van der Waals surface area contributed by atoms with Crippen LogP contribution in [0.5, 0.6) is 0 Å². The number of ketones is 1. The van der Waals surface area contributed by atoms with Crippen LogP contribution in [0, 0.1) is 6.92 Å². The average molecular weight is 397 g/mol. The molecule has 0 saturated heterocycles. The van der Waals surface area contributed by atoms with E-state index in [4.69, 9.17) is 4.74 Å². The van der Waals surface area contributed by atoms with E-state index < -0.39 is 21.8 Å². The molecule has 144 valence electrons. The first kappa shape index (κ1) is 19.6. The van der Waals surface area contributed by atoms with Crippen molar-refractivity contribution in [3.05, 3.63) is 77.5 Å². The van der Waals surface area contributed by atoms with Crippen molar-refractivity contribution >= 4 is 21.8 Å². The lowest BCUT2D eigenvalue weighted by atomic mass is 10.0. The highest BCUT2D eigenvalue weighted by atomic mass is 32.2. The van der Waals surface area contributed by atoms with Gasteiger partial charge in [0.15, 0.2) is 5.78 Å². The Morgan fingerprint density at radius 2 is 1.57 bits per heavy atom. The number of esters is 1. The average Bonchev–Trinajstić information content (AvgIpc) is 3.10. The van der Waals surface area contributed by atoms with Gasteiger partial charge in [0, 0.05) is 6.20 Å². The second-order valence-corrected chi connectivity index (χ2v) is 8.11. The first-order valence-electron chi connectivity index (χ1n) is 8.49. The summed E-state index contributed by atoms with van der Waals surface area (Å²) in [5, 5.41) is 0. The van der Waals surface area contributed by atoms with Gasteiger partial charge in [-0.15, -0.1) is 0 Å². The van der Waals surface area contributed by atoms with Crippen molar-refractivity contribution in [2.24, 2.45) is 0 Å². The molecular weight excluding hydrogens is 378 g/mol. The maximum atomic E-state index is 13.3. The molecule has 1 heterocycles. The van der Waals surface area contributed by atoms with Crippen molar-refractivity contribution in [1.29, 1.82) is 0 Å². The Kier molecular flexibility index (Phi) is 5.20. The van der Waals surface area contributed by atoms with E-state index in [1.165, 1.54) is 26.2 Å². The molecule has 0 N–H and O–H groups in total. The molecule has 0 aliphatic heterocycles. The molecule has 0 fully saturated rings. The van der Waals surface area contributed by atoms with E-state index in [-0.39, 0.29) is 21.7 Å². The third kappa shape index (κ3) is 3.36. The molecule has 2 aromatic carbocycles. The first-order valence-corrected chi connectivity index (χ1v) is 9.93. The third-order valence-electron chi connectivity index (χ3n) is 4.36. The maximum absolute atomic E-state index is 13.3. The van der Waals surface area contributed by atoms with Crippen molar-refractivity contribution in [3.63, 3.8) is 0 Å². The molecule has 0 aliphatic rings. The summed E-state index contributed by atoms with van der Waals surface area (Å²) in [7, 11) is -2.87. The number of methoxy groups -OCH3 is 1. The van der Waals surface area contributed by atoms with E-state index in [1.807, 2.05) is 6.92 Å². The molecule has 0 spiro atoms. The van der Waals surface area contributed by atoms with Crippen molar-refractivity contribution in [3.8, 4) is 11.3 Å². The number of hydrogen-bond acceptors (Lipinski definition) is 5. The molecule has 7 heteroatoms. The molecule has 0 radical (unpaired) electrons. The van der Waals surface area contributed by atoms with Crippen LogP contribution in [-0.2, 0) is 14.8 Å². The van der Waals surface area contributed by atoms with Gasteiger partial charge in [-0.05, 0) is 31.5 Å². The summed E-state index contributed by atoms with van der Waals surface area (Å²) < 4.78 is 32.4. The second kappa shape index (κ2) is 7.44. The lowest BCUT2D eigenvalue weighted by molar-refractivity contribution is 0.0597. The number of aromatic nitrogens is 1. The Labute approximate surface area is 163 Å². The summed E-state index contributed by atoms with van der Waals surface area (Å²) in [6.45, 7) is 3.14. The Morgan fingerprint density at radius 3 is 2.11 bits per heavy atom. The highest BCUT2D eigenvalue weighted by Gasteiger charge is 2.30. The quantitative estimate of drug-likeness (QED) is 0.484. The molecule has 0 unspecified atom stereocenters. The first-order chi connectivity index (χ1) is 13.3. The van der Waals surface area contributed by atoms with Crippen molar-refractivity contribution in [2.45, 2.75) is 18.7 Å². The molecule has 3 aromatic rings. The van der Waals surface area contributed by atoms with Crippen molar-refractivity contribution in [2.75, 3.05) is 7.11 Å². The lowest BCUT2D eigenvalue weighted by Crippen LogP contribution is -2.14. The van der Waals surface area contributed by atoms with Crippen LogP contribution in [0.2, 0.25) is 0 Å². The van der Waals surface area contributed by atoms with E-state index >= 15 is 0 Å². The van der Waals surface area contributed by atoms with E-state index in [1.54, 1.807) is 42.5 Å². The minimum atomic E-state index is -4.05. The summed E-state index contributed by atoms with van der Waals surface area (Å²) in [4.78, 5) is 24.7. The predicted octanol–water partition coefficient (Wildman–Crippen LogP) is 3.69. The van der Waals surface area contributed by atoms with E-state index in [2.05, 4.69) is 0 Å². The standard InChI is InChI=1S/C21H19NO5S/c1-14-9-11-17(12-10-14)28(25,26)22-13-18(21(24)27-3)19(15(2)23)20(22)16-7-5-4-6-8-16/h4-13H,1-3H3. The molecule has 0 saturated carbocycles. The molecule has 28 heavy (non-hydrogen) atoms. The van der Waals surface area contributed by atoms with Gasteiger partial charge in [-0.2, -0.15) is 0 Å². The number of rotatable bonds is 5. The highest BCUT2D eigenvalue weighted by Crippen LogP contribution is 2.32. The van der Waals surface area contributed by atoms with Crippen LogP contribution in [-0.4, -0.2) is 31.3 Å². The van der Waals surface area contributed by atoms with Crippen LogP contribution in [0.25, 0.3) is 11.3 Å². The summed E-state index contributed by atoms with van der Waals surface area (Å²) in [5.41, 5.74) is 1.46. The number of Topliss-reactive ketones (excluding diaryl/α,β-unsaturated/α-hetero) is 1. The Bertz CT molecular complexity index is 1140. The molecule has 6 nitrogen and oxygen atoms in total. The Hall–Kier alpha value is -3.19. The molecule has 0 atom stereocenters. The summed E-state index contributed by atoms with van der Waals surface area (Å²) in [5.74, 6) is -1.21. The van der Waals surface area contributed by atoms with E-state index in [0.717, 1.165) is 15.7 Å². The summed E-state index contributed by atoms with van der Waals surface area (Å²) in [6, 6.07) is 15.0. The maximum Gasteiger partial charge on any atom is 0.340 e. The van der Waals surface area contributed by atoms with Crippen LogP contribution in [0.4, 0.5) is 0 Å². The monoisotopic (exact) mass is 397 g/mol. The number of hydrogen-bond donors (Lipinski definition) is 0. The highest BCUT2D eigenvalue weighted by molar-refractivity contribution is 7.90. The van der Waals surface area contributed by atoms with Gasteiger partial charge in [-0.3, -0.25) is 4.79 Å². The normalized spacial score (nSPS) is 11.2. The minimum absolute atomic E-state index is 0.00809. The predicted molar refractivity (Wildman–Crippen MR) is 105 cm³/mol. The largest absolute Gasteiger partial charge is 0.465 e. The zero-order valence-corrected chi connectivity index (χ0v) is 16.5. The molecule has 0 amide bonds. The Balaban J connectivity index is 2.39. The number of nitrogens with zero attached hydrogens (tertiary/aromatic N) is 1. The van der Waals surface area contributed by atoms with Gasteiger partial charge in [0.05, 0.1) is 28.8 Å². The lowest BCUT2D eigenvalue weighted by Gasteiger charge is -2.12. The van der Waals surface area contributed by atoms with Crippen LogP contribution in [0.15, 0.2) is 65.7 Å². The smallest absolute Gasteiger partial charge is 0.340 e.